The summed E-state index contributed by atoms with van der Waals surface area (Å²) >= 11 is 6.26. The van der Waals surface area contributed by atoms with Crippen molar-refractivity contribution in [3.63, 3.8) is 0 Å². The fraction of sp³-hybridized carbons (Fsp3) is 0.636. The van der Waals surface area contributed by atoms with Crippen LogP contribution in [0.5, 0.6) is 0 Å². The van der Waals surface area contributed by atoms with Gasteiger partial charge in [-0.05, 0) is 18.9 Å². The van der Waals surface area contributed by atoms with Crippen LogP contribution in [-0.4, -0.2) is 39.5 Å². The fourth-order valence-electron chi connectivity index (χ4n) is 2.22. The lowest BCUT2D eigenvalue weighted by atomic mass is 9.94. The predicted molar refractivity (Wildman–Crippen MR) is 62.6 cm³/mol. The molecule has 0 radical (unpaired) electrons. The number of hydrogen-bond donors (Lipinski definition) is 1. The number of carbonyl (C=O) groups excluding carboxylic acids is 1. The number of amides is 1. The molecule has 0 aromatic carbocycles. The molecule has 1 fully saturated rings. The van der Waals surface area contributed by atoms with Crippen molar-refractivity contribution in [2.45, 2.75) is 37.1 Å². The van der Waals surface area contributed by atoms with Crippen LogP contribution in [0.1, 0.15) is 36.2 Å². The summed E-state index contributed by atoms with van der Waals surface area (Å²) in [6, 6.07) is 1.83. The highest BCUT2D eigenvalue weighted by molar-refractivity contribution is 6.21. The van der Waals surface area contributed by atoms with Crippen LogP contribution in [-0.2, 0) is 0 Å². The van der Waals surface area contributed by atoms with Gasteiger partial charge in [0, 0.05) is 19.3 Å². The Balaban J connectivity index is 2.06. The second kappa shape index (κ2) is 4.87. The quantitative estimate of drug-likeness (QED) is 0.806. The first-order valence-electron chi connectivity index (χ1n) is 5.61. The van der Waals surface area contributed by atoms with Crippen LogP contribution in [0.4, 0.5) is 0 Å². The molecule has 0 spiro atoms. The zero-order chi connectivity index (χ0) is 11.5. The van der Waals surface area contributed by atoms with Crippen LogP contribution in [0.3, 0.4) is 0 Å². The number of alkyl halides is 1. The van der Waals surface area contributed by atoms with Gasteiger partial charge in [0.05, 0.1) is 5.38 Å². The fourth-order valence-corrected chi connectivity index (χ4v) is 2.67. The topological polar surface area (TPSA) is 49.0 Å². The molecular weight excluding hydrogens is 226 g/mol. The van der Waals surface area contributed by atoms with Crippen LogP contribution in [0.2, 0.25) is 0 Å². The van der Waals surface area contributed by atoms with Gasteiger partial charge in [0.15, 0.2) is 0 Å². The van der Waals surface area contributed by atoms with E-state index in [-0.39, 0.29) is 17.3 Å². The van der Waals surface area contributed by atoms with E-state index in [4.69, 9.17) is 11.6 Å². The molecule has 1 aromatic heterocycles. The number of halogens is 1. The Morgan fingerprint density at radius 2 is 2.31 bits per heavy atom. The smallest absolute Gasteiger partial charge is 0.271 e. The lowest BCUT2D eigenvalue weighted by molar-refractivity contribution is 0.0694. The maximum Gasteiger partial charge on any atom is 0.271 e. The molecule has 1 aromatic rings. The van der Waals surface area contributed by atoms with E-state index in [0.717, 1.165) is 25.7 Å². The van der Waals surface area contributed by atoms with Gasteiger partial charge < -0.3 is 4.90 Å². The standard InChI is InChI=1S/C11H16ClN3O/c1-15(10-5-3-2-4-8(10)12)11(16)9-6-7-13-14-9/h6-8,10H,2-5H2,1H3,(H,13,14). The molecule has 5 heteroatoms. The van der Waals surface area contributed by atoms with Crippen molar-refractivity contribution in [2.75, 3.05) is 7.05 Å². The van der Waals surface area contributed by atoms with Crippen LogP contribution in [0, 0.1) is 0 Å². The van der Waals surface area contributed by atoms with Crippen LogP contribution < -0.4 is 0 Å². The van der Waals surface area contributed by atoms with Gasteiger partial charge in [-0.15, -0.1) is 11.6 Å². The molecule has 1 saturated carbocycles. The minimum atomic E-state index is -0.0324. The van der Waals surface area contributed by atoms with Gasteiger partial charge in [0.1, 0.15) is 5.69 Å². The molecule has 0 aliphatic heterocycles. The molecule has 4 nitrogen and oxygen atoms in total. The highest BCUT2D eigenvalue weighted by Crippen LogP contribution is 2.27. The van der Waals surface area contributed by atoms with E-state index in [1.165, 1.54) is 0 Å². The molecule has 0 bridgehead atoms. The molecule has 2 atom stereocenters. The Morgan fingerprint density at radius 3 is 2.94 bits per heavy atom. The van der Waals surface area contributed by atoms with Crippen molar-refractivity contribution < 1.29 is 4.79 Å². The number of carbonyl (C=O) groups is 1. The number of hydrogen-bond acceptors (Lipinski definition) is 2. The van der Waals surface area contributed by atoms with Gasteiger partial charge in [-0.25, -0.2) is 0 Å². The first-order valence-corrected chi connectivity index (χ1v) is 6.04. The molecule has 1 aliphatic carbocycles. The van der Waals surface area contributed by atoms with E-state index in [2.05, 4.69) is 10.2 Å². The van der Waals surface area contributed by atoms with Gasteiger partial charge in [-0.3, -0.25) is 9.89 Å². The Morgan fingerprint density at radius 1 is 1.56 bits per heavy atom. The maximum atomic E-state index is 12.0. The summed E-state index contributed by atoms with van der Waals surface area (Å²) in [5, 5.41) is 6.55. The highest BCUT2D eigenvalue weighted by Gasteiger charge is 2.30. The number of nitrogens with zero attached hydrogens (tertiary/aromatic N) is 2. The summed E-state index contributed by atoms with van der Waals surface area (Å²) < 4.78 is 0. The average molecular weight is 242 g/mol. The largest absolute Gasteiger partial charge is 0.336 e. The molecule has 0 saturated heterocycles. The first-order chi connectivity index (χ1) is 7.70. The molecule has 1 amide bonds. The number of aromatic amines is 1. The minimum absolute atomic E-state index is 0.0324. The third kappa shape index (κ3) is 2.21. The Labute approximate surface area is 100.0 Å². The van der Waals surface area contributed by atoms with E-state index < -0.39 is 0 Å². The average Bonchev–Trinajstić information content (AvgIpc) is 2.81. The third-order valence-corrected chi connectivity index (χ3v) is 3.71. The summed E-state index contributed by atoms with van der Waals surface area (Å²) in [6.45, 7) is 0. The molecular formula is C11H16ClN3O. The molecule has 1 N–H and O–H groups in total. The number of aromatic nitrogens is 2. The van der Waals surface area contributed by atoms with Crippen molar-refractivity contribution in [1.29, 1.82) is 0 Å². The zero-order valence-corrected chi connectivity index (χ0v) is 10.1. The summed E-state index contributed by atoms with van der Waals surface area (Å²) in [5.74, 6) is -0.0324. The predicted octanol–water partition coefficient (Wildman–Crippen LogP) is 2.03. The van der Waals surface area contributed by atoms with Crippen LogP contribution in [0.25, 0.3) is 0 Å². The van der Waals surface area contributed by atoms with Crippen molar-refractivity contribution in [3.05, 3.63) is 18.0 Å². The molecule has 1 heterocycles. The Kier molecular flexibility index (Phi) is 3.49. The lowest BCUT2D eigenvalue weighted by Gasteiger charge is -2.34. The van der Waals surface area contributed by atoms with Gasteiger partial charge in [-0.1, -0.05) is 12.8 Å². The Bertz CT molecular complexity index is 352. The van der Waals surface area contributed by atoms with Gasteiger partial charge in [0.2, 0.25) is 0 Å². The van der Waals surface area contributed by atoms with E-state index in [1.807, 2.05) is 7.05 Å². The second-order valence-electron chi connectivity index (χ2n) is 4.25. The third-order valence-electron chi connectivity index (χ3n) is 3.20. The molecule has 2 rings (SSSR count). The normalized spacial score (nSPS) is 25.4. The summed E-state index contributed by atoms with van der Waals surface area (Å²) in [5.41, 5.74) is 0.525. The maximum absolute atomic E-state index is 12.0. The molecule has 1 aliphatic rings. The van der Waals surface area contributed by atoms with E-state index in [1.54, 1.807) is 17.2 Å². The SMILES string of the molecule is CN(C(=O)c1ccn[nH]1)C1CCCCC1Cl. The van der Waals surface area contributed by atoms with Gasteiger partial charge >= 0.3 is 0 Å². The summed E-state index contributed by atoms with van der Waals surface area (Å²) in [4.78, 5) is 13.8. The Hall–Kier alpha value is -1.03. The summed E-state index contributed by atoms with van der Waals surface area (Å²) in [7, 11) is 1.81. The number of nitrogens with one attached hydrogen (secondary N) is 1. The van der Waals surface area contributed by atoms with Crippen molar-refractivity contribution >= 4 is 17.5 Å². The monoisotopic (exact) mass is 241 g/mol. The molecule has 88 valence electrons. The van der Waals surface area contributed by atoms with Crippen LogP contribution in [0.15, 0.2) is 12.3 Å². The van der Waals surface area contributed by atoms with Gasteiger partial charge in [0.25, 0.3) is 5.91 Å². The number of rotatable bonds is 2. The van der Waals surface area contributed by atoms with E-state index in [9.17, 15) is 4.79 Å². The van der Waals surface area contributed by atoms with Crippen molar-refractivity contribution in [2.24, 2.45) is 0 Å². The zero-order valence-electron chi connectivity index (χ0n) is 9.32. The van der Waals surface area contributed by atoms with E-state index >= 15 is 0 Å². The summed E-state index contributed by atoms with van der Waals surface area (Å²) in [6.07, 6.45) is 5.88. The van der Waals surface area contributed by atoms with Crippen molar-refractivity contribution in [3.8, 4) is 0 Å². The molecule has 16 heavy (non-hydrogen) atoms. The minimum Gasteiger partial charge on any atom is -0.336 e. The lowest BCUT2D eigenvalue weighted by Crippen LogP contribution is -2.44. The van der Waals surface area contributed by atoms with Gasteiger partial charge in [-0.2, -0.15) is 5.10 Å². The first kappa shape index (κ1) is 11.5. The van der Waals surface area contributed by atoms with Crippen molar-refractivity contribution in [1.82, 2.24) is 15.1 Å². The second-order valence-corrected chi connectivity index (χ2v) is 4.81. The van der Waals surface area contributed by atoms with E-state index in [0.29, 0.717) is 5.69 Å². The highest BCUT2D eigenvalue weighted by atomic mass is 35.5. The van der Waals surface area contributed by atoms with Crippen LogP contribution >= 0.6 is 11.6 Å². The number of H-pyrrole nitrogens is 1. The molecule has 2 unspecified atom stereocenters.